The highest BCUT2D eigenvalue weighted by atomic mass is 35.5. The maximum Gasteiger partial charge on any atom is 0.137 e. The van der Waals surface area contributed by atoms with Crippen LogP contribution in [0, 0.1) is 0 Å². The number of methoxy groups -OCH3 is 1. The molecule has 5 heteroatoms. The van der Waals surface area contributed by atoms with Gasteiger partial charge in [0.1, 0.15) is 11.5 Å². The first-order valence-corrected chi connectivity index (χ1v) is 11.1. The minimum atomic E-state index is -0.228. The summed E-state index contributed by atoms with van der Waals surface area (Å²) in [6, 6.07) is 7.37. The normalized spacial score (nSPS) is 12.3. The highest BCUT2D eigenvalue weighted by Gasteiger charge is 2.27. The number of benzene rings is 2. The van der Waals surface area contributed by atoms with Crippen molar-refractivity contribution in [2.24, 2.45) is 0 Å². The summed E-state index contributed by atoms with van der Waals surface area (Å²) in [5.41, 5.74) is 2.46. The van der Waals surface area contributed by atoms with Crippen LogP contribution in [0.4, 0.5) is 0 Å². The lowest BCUT2D eigenvalue weighted by molar-refractivity contribution is 0.410. The second-order valence-electron chi connectivity index (χ2n) is 8.95. The van der Waals surface area contributed by atoms with Crippen LogP contribution < -0.4 is 4.74 Å². The fourth-order valence-electron chi connectivity index (χ4n) is 3.88. The van der Waals surface area contributed by atoms with E-state index in [1.165, 1.54) is 0 Å². The third-order valence-electron chi connectivity index (χ3n) is 5.76. The van der Waals surface area contributed by atoms with E-state index < -0.39 is 0 Å². The van der Waals surface area contributed by atoms with Crippen molar-refractivity contribution in [2.45, 2.75) is 71.1 Å². The van der Waals surface area contributed by atoms with Gasteiger partial charge in [0, 0.05) is 15.6 Å². The lowest BCUT2D eigenvalue weighted by Crippen LogP contribution is -2.19. The van der Waals surface area contributed by atoms with Crippen molar-refractivity contribution in [1.82, 2.24) is 0 Å². The van der Waals surface area contributed by atoms with Crippen LogP contribution >= 0.6 is 34.8 Å². The van der Waals surface area contributed by atoms with Crippen LogP contribution in [0.2, 0.25) is 15.1 Å². The zero-order valence-corrected chi connectivity index (χ0v) is 20.4. The van der Waals surface area contributed by atoms with E-state index in [2.05, 4.69) is 34.6 Å². The van der Waals surface area contributed by atoms with Gasteiger partial charge in [-0.15, -0.1) is 0 Å². The smallest absolute Gasteiger partial charge is 0.137 e. The zero-order chi connectivity index (χ0) is 22.0. The molecule has 1 N–H and O–H groups in total. The number of aromatic hydroxyl groups is 1. The Morgan fingerprint density at radius 2 is 1.45 bits per heavy atom. The molecule has 0 heterocycles. The minimum Gasteiger partial charge on any atom is -0.508 e. The topological polar surface area (TPSA) is 29.5 Å². The summed E-state index contributed by atoms with van der Waals surface area (Å²) in [4.78, 5) is 0. The summed E-state index contributed by atoms with van der Waals surface area (Å²) in [6.07, 6.45) is 3.55. The van der Waals surface area contributed by atoms with Gasteiger partial charge in [-0.25, -0.2) is 0 Å². The Morgan fingerprint density at radius 1 is 0.828 bits per heavy atom. The molecule has 2 nitrogen and oxygen atoms in total. The molecule has 0 bridgehead atoms. The van der Waals surface area contributed by atoms with Crippen molar-refractivity contribution in [2.75, 3.05) is 7.11 Å². The summed E-state index contributed by atoms with van der Waals surface area (Å²) in [7, 11) is 1.59. The molecule has 160 valence electrons. The van der Waals surface area contributed by atoms with Gasteiger partial charge in [0.25, 0.3) is 0 Å². The third-order valence-corrected chi connectivity index (χ3v) is 6.72. The molecule has 0 unspecified atom stereocenters. The standard InChI is InChI=1S/C24H31Cl3O2/c1-7-9-23(2,3)17-12-18(25)15(11-21(17)28)8-10-24(4,5)16-13-22(29-6)20(27)14-19(16)26/h11-14,28H,7-10H2,1-6H3. The molecule has 0 spiro atoms. The Hall–Kier alpha value is -1.09. The van der Waals surface area contributed by atoms with Gasteiger partial charge >= 0.3 is 0 Å². The number of ether oxygens (including phenoxy) is 1. The second kappa shape index (κ2) is 9.37. The Kier molecular flexibility index (Phi) is 7.81. The van der Waals surface area contributed by atoms with Crippen LogP contribution in [0.5, 0.6) is 11.5 Å². The van der Waals surface area contributed by atoms with Crippen molar-refractivity contribution < 1.29 is 9.84 Å². The van der Waals surface area contributed by atoms with E-state index in [0.29, 0.717) is 26.6 Å². The van der Waals surface area contributed by atoms with Gasteiger partial charge in [-0.05, 0) is 65.5 Å². The summed E-state index contributed by atoms with van der Waals surface area (Å²) in [5.74, 6) is 0.921. The quantitative estimate of drug-likeness (QED) is 0.431. The minimum absolute atomic E-state index is 0.117. The number of rotatable bonds is 8. The first-order valence-electron chi connectivity index (χ1n) is 9.98. The largest absolute Gasteiger partial charge is 0.508 e. The SMILES string of the molecule is CCCC(C)(C)c1cc(Cl)c(CCC(C)(C)c2cc(OC)c(Cl)cc2Cl)cc1O. The first-order chi connectivity index (χ1) is 13.4. The molecule has 0 aromatic heterocycles. The van der Waals surface area contributed by atoms with Crippen molar-refractivity contribution in [3.05, 3.63) is 56.0 Å². The van der Waals surface area contributed by atoms with Gasteiger partial charge in [-0.1, -0.05) is 75.8 Å². The third kappa shape index (κ3) is 5.54. The van der Waals surface area contributed by atoms with Gasteiger partial charge in [0.2, 0.25) is 0 Å². The number of hydrogen-bond acceptors (Lipinski definition) is 2. The van der Waals surface area contributed by atoms with E-state index in [1.54, 1.807) is 13.2 Å². The molecule has 0 aliphatic heterocycles. The summed E-state index contributed by atoms with van der Waals surface area (Å²) in [5, 5.41) is 12.5. The molecule has 0 radical (unpaired) electrons. The molecule has 29 heavy (non-hydrogen) atoms. The zero-order valence-electron chi connectivity index (χ0n) is 18.1. The first kappa shape index (κ1) is 24.2. The van der Waals surface area contributed by atoms with E-state index >= 15 is 0 Å². The number of aryl methyl sites for hydroxylation is 1. The molecular formula is C24H31Cl3O2. The lowest BCUT2D eigenvalue weighted by atomic mass is 9.78. The van der Waals surface area contributed by atoms with E-state index in [0.717, 1.165) is 42.4 Å². The van der Waals surface area contributed by atoms with Crippen molar-refractivity contribution in [1.29, 1.82) is 0 Å². The summed E-state index contributed by atoms with van der Waals surface area (Å²) in [6.45, 7) is 10.7. The monoisotopic (exact) mass is 456 g/mol. The molecule has 2 aromatic carbocycles. The molecule has 0 saturated carbocycles. The van der Waals surface area contributed by atoms with Crippen LogP contribution in [0.1, 0.15) is 70.6 Å². The van der Waals surface area contributed by atoms with E-state index in [4.69, 9.17) is 39.5 Å². The van der Waals surface area contributed by atoms with E-state index in [1.807, 2.05) is 18.2 Å². The second-order valence-corrected chi connectivity index (χ2v) is 10.2. The molecule has 0 fully saturated rings. The maximum atomic E-state index is 10.7. The summed E-state index contributed by atoms with van der Waals surface area (Å²) >= 11 is 19.3. The van der Waals surface area contributed by atoms with E-state index in [-0.39, 0.29) is 10.8 Å². The Balaban J connectivity index is 2.28. The van der Waals surface area contributed by atoms with Crippen LogP contribution in [0.25, 0.3) is 0 Å². The fraction of sp³-hybridized carbons (Fsp3) is 0.500. The van der Waals surface area contributed by atoms with Crippen LogP contribution in [-0.2, 0) is 17.3 Å². The maximum absolute atomic E-state index is 10.7. The van der Waals surface area contributed by atoms with Crippen LogP contribution in [0.15, 0.2) is 24.3 Å². The lowest BCUT2D eigenvalue weighted by Gasteiger charge is -2.29. The molecule has 0 atom stereocenters. The fourth-order valence-corrected chi connectivity index (χ4v) is 4.86. The molecule has 2 rings (SSSR count). The van der Waals surface area contributed by atoms with Gasteiger partial charge in [-0.2, -0.15) is 0 Å². The van der Waals surface area contributed by atoms with E-state index in [9.17, 15) is 5.11 Å². The van der Waals surface area contributed by atoms with Crippen LogP contribution in [-0.4, -0.2) is 12.2 Å². The molecule has 0 aliphatic carbocycles. The molecule has 0 amide bonds. The highest BCUT2D eigenvalue weighted by Crippen LogP contribution is 2.41. The highest BCUT2D eigenvalue weighted by molar-refractivity contribution is 6.36. The number of hydrogen-bond donors (Lipinski definition) is 1. The Bertz CT molecular complexity index is 873. The van der Waals surface area contributed by atoms with Gasteiger partial charge in [-0.3, -0.25) is 0 Å². The average Bonchev–Trinajstić information content (AvgIpc) is 2.61. The Labute approximate surface area is 190 Å². The van der Waals surface area contributed by atoms with Crippen LogP contribution in [0.3, 0.4) is 0 Å². The molecular weight excluding hydrogens is 427 g/mol. The number of phenolic OH excluding ortho intramolecular Hbond substituents is 1. The molecule has 2 aromatic rings. The Morgan fingerprint density at radius 3 is 2.03 bits per heavy atom. The predicted molar refractivity (Wildman–Crippen MR) is 125 cm³/mol. The molecule has 0 saturated heterocycles. The van der Waals surface area contributed by atoms with Crippen molar-refractivity contribution in [3.63, 3.8) is 0 Å². The van der Waals surface area contributed by atoms with Gasteiger partial charge in [0.15, 0.2) is 0 Å². The van der Waals surface area contributed by atoms with Crippen molar-refractivity contribution >= 4 is 34.8 Å². The van der Waals surface area contributed by atoms with Crippen molar-refractivity contribution in [3.8, 4) is 11.5 Å². The number of phenols is 1. The van der Waals surface area contributed by atoms with Gasteiger partial charge in [0.05, 0.1) is 12.1 Å². The number of halogens is 3. The summed E-state index contributed by atoms with van der Waals surface area (Å²) < 4.78 is 5.35. The predicted octanol–water partition coefficient (Wildman–Crippen LogP) is 8.35. The average molecular weight is 458 g/mol. The molecule has 0 aliphatic rings. The van der Waals surface area contributed by atoms with Gasteiger partial charge < -0.3 is 9.84 Å².